The van der Waals surface area contributed by atoms with E-state index in [1.165, 1.54) is 0 Å². The van der Waals surface area contributed by atoms with Crippen molar-refractivity contribution in [3.63, 3.8) is 0 Å². The molecule has 1 aromatic heterocycles. The molecule has 4 atom stereocenters. The molecule has 0 aliphatic carbocycles. The molecule has 198 valence electrons. The fraction of sp³-hybridized carbons (Fsp3) is 0.286. The van der Waals surface area contributed by atoms with E-state index in [1.807, 2.05) is 67.0 Å². The van der Waals surface area contributed by atoms with E-state index in [9.17, 15) is 9.90 Å². The second kappa shape index (κ2) is 11.2. The zero-order valence-electron chi connectivity index (χ0n) is 20.4. The number of alkyl halides is 3. The Bertz CT molecular complexity index is 1400. The topological polar surface area (TPSA) is 85.6 Å². The number of ether oxygens (including phenoxy) is 2. The van der Waals surface area contributed by atoms with E-state index in [1.54, 1.807) is 12.1 Å². The van der Waals surface area contributed by atoms with Gasteiger partial charge in [-0.15, -0.1) is 0 Å². The van der Waals surface area contributed by atoms with Crippen molar-refractivity contribution < 1.29 is 19.4 Å². The van der Waals surface area contributed by atoms with Crippen LogP contribution in [0.3, 0.4) is 0 Å². The third-order valence-corrected chi connectivity index (χ3v) is 7.24. The summed E-state index contributed by atoms with van der Waals surface area (Å²) in [4.78, 5) is 16.5. The van der Waals surface area contributed by atoms with Crippen LogP contribution in [0.1, 0.15) is 36.0 Å². The summed E-state index contributed by atoms with van der Waals surface area (Å²) in [5, 5.41) is 12.0. The number of aliphatic hydroxyl groups is 1. The van der Waals surface area contributed by atoms with Gasteiger partial charge in [0.1, 0.15) is 0 Å². The average Bonchev–Trinajstić information content (AvgIpc) is 3.32. The molecule has 1 amide bonds. The van der Waals surface area contributed by atoms with Gasteiger partial charge >= 0.3 is 0 Å². The molecule has 4 aromatic rings. The van der Waals surface area contributed by atoms with Crippen LogP contribution in [0.2, 0.25) is 0 Å². The van der Waals surface area contributed by atoms with E-state index >= 15 is 0 Å². The second-order valence-corrected chi connectivity index (χ2v) is 11.6. The molecular weight excluding hydrogens is 549 g/mol. The maximum atomic E-state index is 12.0. The molecular formula is C28H26Cl3N3O4. The van der Waals surface area contributed by atoms with Gasteiger partial charge in [-0.1, -0.05) is 90.3 Å². The zero-order valence-corrected chi connectivity index (χ0v) is 22.7. The first-order valence-electron chi connectivity index (χ1n) is 12.1. The zero-order chi connectivity index (χ0) is 26.9. The van der Waals surface area contributed by atoms with E-state index in [2.05, 4.69) is 21.8 Å². The quantitative estimate of drug-likeness (QED) is 0.263. The summed E-state index contributed by atoms with van der Waals surface area (Å²) < 4.78 is 13.0. The summed E-state index contributed by atoms with van der Waals surface area (Å²) in [5.41, 5.74) is 5.04. The van der Waals surface area contributed by atoms with Gasteiger partial charge in [-0.25, -0.2) is 4.98 Å². The smallest absolute Gasteiger partial charge is 0.276 e. The van der Waals surface area contributed by atoms with Gasteiger partial charge in [-0.05, 0) is 35.4 Å². The van der Waals surface area contributed by atoms with Crippen LogP contribution in [-0.4, -0.2) is 30.5 Å². The average molecular weight is 575 g/mol. The number of halogens is 3. The van der Waals surface area contributed by atoms with Crippen LogP contribution in [0.25, 0.3) is 11.0 Å². The Morgan fingerprint density at radius 1 is 1.00 bits per heavy atom. The van der Waals surface area contributed by atoms with E-state index in [0.717, 1.165) is 27.7 Å². The molecule has 2 N–H and O–H groups in total. The summed E-state index contributed by atoms with van der Waals surface area (Å²) in [6.07, 6.45) is 0.715. The van der Waals surface area contributed by atoms with Crippen LogP contribution in [-0.2, 0) is 27.4 Å². The highest BCUT2D eigenvalue weighted by molar-refractivity contribution is 6.76. The molecule has 1 saturated heterocycles. The molecule has 0 spiro atoms. The predicted molar refractivity (Wildman–Crippen MR) is 148 cm³/mol. The molecule has 5 rings (SSSR count). The van der Waals surface area contributed by atoms with Gasteiger partial charge in [0.25, 0.3) is 9.70 Å². The number of rotatable bonds is 6. The second-order valence-electron chi connectivity index (χ2n) is 9.28. The standard InChI is InChI=1S/C28H26Cl3N3O4/c1-17-24(14-34-16-32-22-4-2-3-5-23(22)34)37-26(38-25(17)19-8-6-18(15-35)7-9-19)20-10-12-21(13-11-20)33-27(36)28(29,30)31/h2-13,16-17,24-26,35H,14-15H2,1H3,(H,33,36)/t17-,24+,25+,26+/m0/s1. The number of hydrogen-bond acceptors (Lipinski definition) is 5. The van der Waals surface area contributed by atoms with Crippen molar-refractivity contribution in [3.05, 3.63) is 95.8 Å². The van der Waals surface area contributed by atoms with Gasteiger partial charge < -0.3 is 24.5 Å². The number of carbonyl (C=O) groups excluding carboxylic acids is 1. The summed E-state index contributed by atoms with van der Waals surface area (Å²) in [6, 6.07) is 22.8. The summed E-state index contributed by atoms with van der Waals surface area (Å²) in [5.74, 6) is -0.733. The van der Waals surface area contributed by atoms with Gasteiger partial charge in [-0.3, -0.25) is 4.79 Å². The highest BCUT2D eigenvalue weighted by Crippen LogP contribution is 2.42. The van der Waals surface area contributed by atoms with Crippen molar-refractivity contribution in [1.82, 2.24) is 9.55 Å². The maximum absolute atomic E-state index is 12.0. The van der Waals surface area contributed by atoms with Crippen LogP contribution < -0.4 is 5.32 Å². The number of carbonyl (C=O) groups is 1. The van der Waals surface area contributed by atoms with Gasteiger partial charge in [0, 0.05) is 17.2 Å². The molecule has 0 bridgehead atoms. The summed E-state index contributed by atoms with van der Waals surface area (Å²) in [6.45, 7) is 2.68. The van der Waals surface area contributed by atoms with Crippen molar-refractivity contribution in [2.24, 2.45) is 5.92 Å². The lowest BCUT2D eigenvalue weighted by molar-refractivity contribution is -0.276. The Labute approximate surface area is 235 Å². The number of aliphatic hydroxyl groups excluding tert-OH is 1. The van der Waals surface area contributed by atoms with Crippen molar-refractivity contribution in [3.8, 4) is 0 Å². The van der Waals surface area contributed by atoms with Gasteiger partial charge in [0.05, 0.1) is 42.7 Å². The van der Waals surface area contributed by atoms with Crippen LogP contribution >= 0.6 is 34.8 Å². The highest BCUT2D eigenvalue weighted by Gasteiger charge is 2.39. The SMILES string of the molecule is C[C@H]1[C@@H](Cn2cnc3ccccc32)O[C@@H](c2ccc(NC(=O)C(Cl)(Cl)Cl)cc2)O[C@H]1c1ccc(CO)cc1. The molecule has 1 fully saturated rings. The van der Waals surface area contributed by atoms with Crippen LogP contribution in [0.15, 0.2) is 79.1 Å². The number of benzene rings is 3. The third-order valence-electron chi connectivity index (χ3n) is 6.73. The highest BCUT2D eigenvalue weighted by atomic mass is 35.6. The number of anilines is 1. The Morgan fingerprint density at radius 3 is 2.37 bits per heavy atom. The minimum atomic E-state index is -2.06. The Hall–Kier alpha value is -2.65. The molecule has 0 saturated carbocycles. The first-order chi connectivity index (χ1) is 18.2. The number of hydrogen-bond donors (Lipinski definition) is 2. The van der Waals surface area contributed by atoms with Gasteiger partial charge in [0.15, 0.2) is 6.29 Å². The fourth-order valence-corrected chi connectivity index (χ4v) is 4.75. The van der Waals surface area contributed by atoms with E-state index in [-0.39, 0.29) is 24.7 Å². The summed E-state index contributed by atoms with van der Waals surface area (Å²) >= 11 is 17.0. The minimum Gasteiger partial charge on any atom is -0.392 e. The first kappa shape index (κ1) is 26.9. The molecule has 1 aliphatic heterocycles. The normalized spacial score (nSPS) is 21.9. The molecule has 7 nitrogen and oxygen atoms in total. The lowest BCUT2D eigenvalue weighted by Crippen LogP contribution is -2.39. The van der Waals surface area contributed by atoms with Crippen molar-refractivity contribution in [2.45, 2.75) is 42.4 Å². The van der Waals surface area contributed by atoms with Gasteiger partial charge in [0.2, 0.25) is 0 Å². The molecule has 3 aromatic carbocycles. The third kappa shape index (κ3) is 5.83. The lowest BCUT2D eigenvalue weighted by Gasteiger charge is -2.41. The number of aromatic nitrogens is 2. The molecule has 2 heterocycles. The lowest BCUT2D eigenvalue weighted by atomic mass is 9.90. The van der Waals surface area contributed by atoms with E-state index in [4.69, 9.17) is 44.3 Å². The van der Waals surface area contributed by atoms with Crippen LogP contribution in [0, 0.1) is 5.92 Å². The maximum Gasteiger partial charge on any atom is 0.276 e. The minimum absolute atomic E-state index is 0.00948. The number of nitrogens with zero attached hydrogens (tertiary/aromatic N) is 2. The van der Waals surface area contributed by atoms with Crippen molar-refractivity contribution in [1.29, 1.82) is 0 Å². The van der Waals surface area contributed by atoms with Crippen molar-refractivity contribution in [2.75, 3.05) is 5.32 Å². The fourth-order valence-electron chi connectivity index (χ4n) is 4.60. The monoisotopic (exact) mass is 573 g/mol. The van der Waals surface area contributed by atoms with Crippen LogP contribution in [0.4, 0.5) is 5.69 Å². The van der Waals surface area contributed by atoms with E-state index < -0.39 is 16.0 Å². The first-order valence-corrected chi connectivity index (χ1v) is 13.2. The number of imidazole rings is 1. The number of nitrogens with one attached hydrogen (secondary N) is 1. The number of para-hydroxylation sites is 2. The molecule has 0 radical (unpaired) electrons. The number of fused-ring (bicyclic) bond motifs is 1. The largest absolute Gasteiger partial charge is 0.392 e. The molecule has 10 heteroatoms. The predicted octanol–water partition coefficient (Wildman–Crippen LogP) is 6.33. The Morgan fingerprint density at radius 2 is 1.68 bits per heavy atom. The van der Waals surface area contributed by atoms with E-state index in [0.29, 0.717) is 12.2 Å². The van der Waals surface area contributed by atoms with Crippen molar-refractivity contribution >= 4 is 57.4 Å². The Kier molecular flexibility index (Phi) is 7.95. The van der Waals surface area contributed by atoms with Gasteiger partial charge in [-0.2, -0.15) is 0 Å². The molecule has 1 aliphatic rings. The number of amides is 1. The van der Waals surface area contributed by atoms with Crippen LogP contribution in [0.5, 0.6) is 0 Å². The molecule has 0 unspecified atom stereocenters. The Balaban J connectivity index is 1.42. The molecule has 38 heavy (non-hydrogen) atoms. The summed E-state index contributed by atoms with van der Waals surface area (Å²) in [7, 11) is 0.